The standard InChI is InChI=1S/C21H30O3/c1-17(5-3-7-19-9-11-23-15-19)13-21(22)14-18(2)6-4-8-20-10-12-24-16-20/h5,9-12,15-16,18,21-22H,3-4,6-8,13-14H2,1-2H3/b17-5+/t18-,21-/m1/s1. The first kappa shape index (κ1) is 18.6. The highest BCUT2D eigenvalue weighted by atomic mass is 16.3. The lowest BCUT2D eigenvalue weighted by Gasteiger charge is -2.16. The molecule has 0 aliphatic carbocycles. The van der Waals surface area contributed by atoms with Crippen molar-refractivity contribution in [2.75, 3.05) is 0 Å². The van der Waals surface area contributed by atoms with Gasteiger partial charge in [0.25, 0.3) is 0 Å². The summed E-state index contributed by atoms with van der Waals surface area (Å²) in [4.78, 5) is 0. The molecule has 0 saturated heterocycles. The van der Waals surface area contributed by atoms with Gasteiger partial charge in [0.2, 0.25) is 0 Å². The van der Waals surface area contributed by atoms with E-state index in [0.29, 0.717) is 5.92 Å². The van der Waals surface area contributed by atoms with E-state index in [2.05, 4.69) is 19.9 Å². The number of aliphatic hydroxyl groups excluding tert-OH is 1. The van der Waals surface area contributed by atoms with E-state index in [9.17, 15) is 5.11 Å². The van der Waals surface area contributed by atoms with Crippen LogP contribution >= 0.6 is 0 Å². The van der Waals surface area contributed by atoms with E-state index in [0.717, 1.165) is 44.9 Å². The summed E-state index contributed by atoms with van der Waals surface area (Å²) >= 11 is 0. The van der Waals surface area contributed by atoms with Crippen molar-refractivity contribution in [2.24, 2.45) is 5.92 Å². The van der Waals surface area contributed by atoms with Crippen LogP contribution in [0, 0.1) is 5.92 Å². The van der Waals surface area contributed by atoms with Crippen LogP contribution < -0.4 is 0 Å². The summed E-state index contributed by atoms with van der Waals surface area (Å²) in [6, 6.07) is 4.03. The van der Waals surface area contributed by atoms with Gasteiger partial charge in [-0.15, -0.1) is 0 Å². The highest BCUT2D eigenvalue weighted by Gasteiger charge is 2.11. The summed E-state index contributed by atoms with van der Waals surface area (Å²) < 4.78 is 10.2. The molecular formula is C21H30O3. The van der Waals surface area contributed by atoms with E-state index >= 15 is 0 Å². The van der Waals surface area contributed by atoms with Crippen molar-refractivity contribution in [3.8, 4) is 0 Å². The van der Waals surface area contributed by atoms with Crippen LogP contribution in [0.1, 0.15) is 57.1 Å². The first-order valence-corrected chi connectivity index (χ1v) is 8.99. The first-order valence-electron chi connectivity index (χ1n) is 8.99. The minimum Gasteiger partial charge on any atom is -0.472 e. The molecule has 24 heavy (non-hydrogen) atoms. The predicted molar refractivity (Wildman–Crippen MR) is 96.8 cm³/mol. The average Bonchev–Trinajstić information content (AvgIpc) is 3.20. The molecule has 132 valence electrons. The van der Waals surface area contributed by atoms with Crippen molar-refractivity contribution in [3.63, 3.8) is 0 Å². The smallest absolute Gasteiger partial charge is 0.0934 e. The van der Waals surface area contributed by atoms with Crippen molar-refractivity contribution in [3.05, 3.63) is 60.0 Å². The number of aliphatic hydroxyl groups is 1. The Kier molecular flexibility index (Phi) is 7.90. The van der Waals surface area contributed by atoms with Crippen LogP contribution in [-0.2, 0) is 12.8 Å². The molecule has 2 aromatic heterocycles. The highest BCUT2D eigenvalue weighted by Crippen LogP contribution is 2.19. The van der Waals surface area contributed by atoms with Crippen molar-refractivity contribution >= 4 is 0 Å². The summed E-state index contributed by atoms with van der Waals surface area (Å²) in [7, 11) is 0. The topological polar surface area (TPSA) is 46.5 Å². The third kappa shape index (κ3) is 7.22. The van der Waals surface area contributed by atoms with Crippen LogP contribution in [0.25, 0.3) is 0 Å². The maximum absolute atomic E-state index is 10.3. The lowest BCUT2D eigenvalue weighted by molar-refractivity contribution is 0.143. The van der Waals surface area contributed by atoms with E-state index in [1.165, 1.54) is 16.7 Å². The Morgan fingerprint density at radius 2 is 1.79 bits per heavy atom. The van der Waals surface area contributed by atoms with Crippen molar-refractivity contribution < 1.29 is 13.9 Å². The molecule has 1 N–H and O–H groups in total. The van der Waals surface area contributed by atoms with E-state index in [-0.39, 0.29) is 6.10 Å². The number of rotatable bonds is 11. The number of allylic oxidation sites excluding steroid dienone is 1. The van der Waals surface area contributed by atoms with Gasteiger partial charge >= 0.3 is 0 Å². The molecule has 0 fully saturated rings. The fourth-order valence-corrected chi connectivity index (χ4v) is 3.13. The van der Waals surface area contributed by atoms with Gasteiger partial charge in [-0.1, -0.05) is 25.0 Å². The average molecular weight is 330 g/mol. The maximum atomic E-state index is 10.3. The summed E-state index contributed by atoms with van der Waals surface area (Å²) in [5.74, 6) is 0.547. The van der Waals surface area contributed by atoms with Gasteiger partial charge in [0.1, 0.15) is 0 Å². The minimum atomic E-state index is -0.237. The van der Waals surface area contributed by atoms with Gasteiger partial charge in [-0.05, 0) is 74.6 Å². The van der Waals surface area contributed by atoms with Crippen LogP contribution in [0.5, 0.6) is 0 Å². The van der Waals surface area contributed by atoms with Gasteiger partial charge in [0.05, 0.1) is 31.2 Å². The lowest BCUT2D eigenvalue weighted by atomic mass is 9.93. The molecule has 3 heteroatoms. The third-order valence-corrected chi connectivity index (χ3v) is 4.48. The van der Waals surface area contributed by atoms with Crippen LogP contribution in [0.15, 0.2) is 57.7 Å². The minimum absolute atomic E-state index is 0.237. The molecule has 0 unspecified atom stereocenters. The van der Waals surface area contributed by atoms with Crippen LogP contribution in [0.2, 0.25) is 0 Å². The van der Waals surface area contributed by atoms with Gasteiger partial charge in [-0.25, -0.2) is 0 Å². The van der Waals surface area contributed by atoms with Gasteiger partial charge in [-0.3, -0.25) is 0 Å². The molecule has 0 aliphatic rings. The zero-order valence-corrected chi connectivity index (χ0v) is 14.9. The second-order valence-corrected chi connectivity index (χ2v) is 6.94. The third-order valence-electron chi connectivity index (χ3n) is 4.48. The Balaban J connectivity index is 1.59. The Bertz CT molecular complexity index is 566. The molecular weight excluding hydrogens is 300 g/mol. The van der Waals surface area contributed by atoms with Gasteiger partial charge in [-0.2, -0.15) is 0 Å². The van der Waals surface area contributed by atoms with E-state index in [1.54, 1.807) is 18.8 Å². The Morgan fingerprint density at radius 1 is 1.12 bits per heavy atom. The van der Waals surface area contributed by atoms with Crippen LogP contribution in [0.3, 0.4) is 0 Å². The quantitative estimate of drug-likeness (QED) is 0.549. The zero-order valence-electron chi connectivity index (χ0n) is 14.9. The van der Waals surface area contributed by atoms with Crippen LogP contribution in [-0.4, -0.2) is 11.2 Å². The molecule has 0 radical (unpaired) electrons. The van der Waals surface area contributed by atoms with Gasteiger partial charge in [0, 0.05) is 0 Å². The second kappa shape index (κ2) is 10.2. The van der Waals surface area contributed by atoms with Crippen molar-refractivity contribution in [2.45, 2.75) is 64.9 Å². The van der Waals surface area contributed by atoms with Crippen molar-refractivity contribution in [1.29, 1.82) is 0 Å². The van der Waals surface area contributed by atoms with E-state index in [4.69, 9.17) is 8.83 Å². The van der Waals surface area contributed by atoms with E-state index < -0.39 is 0 Å². The van der Waals surface area contributed by atoms with Gasteiger partial charge < -0.3 is 13.9 Å². The molecule has 0 bridgehead atoms. The summed E-state index contributed by atoms with van der Waals surface area (Å²) in [5.41, 5.74) is 3.77. The molecule has 0 amide bonds. The number of hydrogen-bond donors (Lipinski definition) is 1. The normalized spacial score (nSPS) is 14.7. The molecule has 2 rings (SSSR count). The maximum Gasteiger partial charge on any atom is 0.0934 e. The summed E-state index contributed by atoms with van der Waals surface area (Å²) in [6.07, 6.45) is 16.0. The monoisotopic (exact) mass is 330 g/mol. The molecule has 0 aliphatic heterocycles. The second-order valence-electron chi connectivity index (χ2n) is 6.94. The van der Waals surface area contributed by atoms with Gasteiger partial charge in [0.15, 0.2) is 0 Å². The van der Waals surface area contributed by atoms with E-state index in [1.807, 2.05) is 18.4 Å². The lowest BCUT2D eigenvalue weighted by Crippen LogP contribution is -2.12. The fourth-order valence-electron chi connectivity index (χ4n) is 3.13. The SMILES string of the molecule is C/C(=C\CCc1ccoc1)C[C@@H](O)C[C@H](C)CCCc1ccoc1. The largest absolute Gasteiger partial charge is 0.472 e. The molecule has 0 aromatic carbocycles. The predicted octanol–water partition coefficient (Wildman–Crippen LogP) is 5.55. The number of aryl methyl sites for hydroxylation is 2. The van der Waals surface area contributed by atoms with Crippen LogP contribution in [0.4, 0.5) is 0 Å². The molecule has 3 nitrogen and oxygen atoms in total. The van der Waals surface area contributed by atoms with Crippen molar-refractivity contribution in [1.82, 2.24) is 0 Å². The Morgan fingerprint density at radius 3 is 2.42 bits per heavy atom. The molecule has 2 atom stereocenters. The Labute approximate surface area is 145 Å². The highest BCUT2D eigenvalue weighted by molar-refractivity contribution is 5.08. The Hall–Kier alpha value is -1.74. The fraction of sp³-hybridized carbons (Fsp3) is 0.524. The molecule has 0 spiro atoms. The molecule has 0 saturated carbocycles. The summed E-state index contributed by atoms with van der Waals surface area (Å²) in [6.45, 7) is 4.35. The number of hydrogen-bond acceptors (Lipinski definition) is 3. The first-order chi connectivity index (χ1) is 11.6. The summed E-state index contributed by atoms with van der Waals surface area (Å²) in [5, 5.41) is 10.3. The zero-order chi connectivity index (χ0) is 17.2. The number of furan rings is 2. The molecule has 2 aromatic rings. The molecule has 2 heterocycles.